The number of hydrogen-bond donors (Lipinski definition) is 1. The van der Waals surface area contributed by atoms with Gasteiger partial charge in [-0.25, -0.2) is 0 Å². The molecule has 0 saturated carbocycles. The van der Waals surface area contributed by atoms with Gasteiger partial charge < -0.3 is 10.5 Å². The minimum atomic E-state index is 0.731. The van der Waals surface area contributed by atoms with Crippen LogP contribution in [-0.4, -0.2) is 24.6 Å². The molecule has 2 rings (SSSR count). The van der Waals surface area contributed by atoms with Gasteiger partial charge in [-0.3, -0.25) is 4.90 Å². The van der Waals surface area contributed by atoms with Crippen LogP contribution < -0.4 is 10.5 Å². The number of ether oxygens (including phenoxy) is 1. The molecule has 0 aliphatic carbocycles. The highest BCUT2D eigenvalue weighted by atomic mass is 16.5. The van der Waals surface area contributed by atoms with Crippen molar-refractivity contribution in [3.8, 4) is 5.75 Å². The van der Waals surface area contributed by atoms with E-state index in [4.69, 9.17) is 10.5 Å². The quantitative estimate of drug-likeness (QED) is 0.595. The molecule has 0 amide bonds. The van der Waals surface area contributed by atoms with Crippen molar-refractivity contribution in [3.05, 3.63) is 60.2 Å². The lowest BCUT2D eigenvalue weighted by atomic mass is 10.2. The molecule has 2 aromatic rings. The van der Waals surface area contributed by atoms with E-state index in [1.165, 1.54) is 5.56 Å². The first kappa shape index (κ1) is 15.4. The molecule has 0 aliphatic rings. The summed E-state index contributed by atoms with van der Waals surface area (Å²) >= 11 is 0. The Bertz CT molecular complexity index is 511. The Balaban J connectivity index is 1.70. The van der Waals surface area contributed by atoms with Crippen LogP contribution in [0.4, 0.5) is 5.69 Å². The van der Waals surface area contributed by atoms with E-state index in [0.29, 0.717) is 0 Å². The zero-order chi connectivity index (χ0) is 14.9. The van der Waals surface area contributed by atoms with E-state index in [1.807, 2.05) is 24.3 Å². The number of hydrogen-bond acceptors (Lipinski definition) is 3. The highest BCUT2D eigenvalue weighted by molar-refractivity contribution is 5.41. The summed E-state index contributed by atoms with van der Waals surface area (Å²) in [5, 5.41) is 0. The van der Waals surface area contributed by atoms with Crippen molar-refractivity contribution in [1.82, 2.24) is 4.90 Å². The number of nitrogens with two attached hydrogens (primary N) is 1. The second kappa shape index (κ2) is 8.32. The fraction of sp³-hybridized carbons (Fsp3) is 0.333. The third-order valence-corrected chi connectivity index (χ3v) is 3.46. The van der Waals surface area contributed by atoms with E-state index < -0.39 is 0 Å². The van der Waals surface area contributed by atoms with Crippen LogP contribution >= 0.6 is 0 Å². The summed E-state index contributed by atoms with van der Waals surface area (Å²) in [7, 11) is 0. The van der Waals surface area contributed by atoms with Crippen LogP contribution in [0.15, 0.2) is 54.6 Å². The van der Waals surface area contributed by atoms with E-state index in [0.717, 1.165) is 44.1 Å². The molecule has 0 bridgehead atoms. The maximum Gasteiger partial charge on any atom is 0.119 e. The molecule has 0 fully saturated rings. The molecule has 2 aromatic carbocycles. The van der Waals surface area contributed by atoms with Gasteiger partial charge in [0.05, 0.1) is 6.61 Å². The highest BCUT2D eigenvalue weighted by Crippen LogP contribution is 2.13. The lowest BCUT2D eigenvalue weighted by molar-refractivity contribution is 0.236. The van der Waals surface area contributed by atoms with Gasteiger partial charge in [0, 0.05) is 18.8 Å². The Morgan fingerprint density at radius 3 is 2.38 bits per heavy atom. The van der Waals surface area contributed by atoms with Gasteiger partial charge in [-0.1, -0.05) is 37.3 Å². The molecular weight excluding hydrogens is 260 g/mol. The molecule has 3 heteroatoms. The highest BCUT2D eigenvalue weighted by Gasteiger charge is 2.03. The number of nitrogen functional groups attached to an aromatic ring is 1. The maximum absolute atomic E-state index is 5.72. The second-order valence-electron chi connectivity index (χ2n) is 5.13. The van der Waals surface area contributed by atoms with Crippen LogP contribution in [0.25, 0.3) is 0 Å². The summed E-state index contributed by atoms with van der Waals surface area (Å²) in [6.07, 6.45) is 1.02. The summed E-state index contributed by atoms with van der Waals surface area (Å²) in [6.45, 7) is 6.02. The van der Waals surface area contributed by atoms with Gasteiger partial charge in [0.25, 0.3) is 0 Å². The predicted octanol–water partition coefficient (Wildman–Crippen LogP) is 3.56. The van der Waals surface area contributed by atoms with Crippen molar-refractivity contribution in [2.24, 2.45) is 0 Å². The molecule has 0 atom stereocenters. The summed E-state index contributed by atoms with van der Waals surface area (Å²) in [5.41, 5.74) is 7.78. The number of nitrogens with zero attached hydrogens (tertiary/aromatic N) is 1. The second-order valence-corrected chi connectivity index (χ2v) is 5.13. The molecule has 0 spiro atoms. The minimum absolute atomic E-state index is 0.731. The van der Waals surface area contributed by atoms with Crippen LogP contribution in [0, 0.1) is 0 Å². The average Bonchev–Trinajstić information content (AvgIpc) is 2.53. The Morgan fingerprint density at radius 1 is 1.00 bits per heavy atom. The van der Waals surface area contributed by atoms with E-state index >= 15 is 0 Å². The third kappa shape index (κ3) is 5.48. The largest absolute Gasteiger partial charge is 0.494 e. The molecule has 0 unspecified atom stereocenters. The zero-order valence-electron chi connectivity index (χ0n) is 12.7. The van der Waals surface area contributed by atoms with Crippen LogP contribution in [0.3, 0.4) is 0 Å². The van der Waals surface area contributed by atoms with Gasteiger partial charge in [0.15, 0.2) is 0 Å². The molecule has 21 heavy (non-hydrogen) atoms. The first-order chi connectivity index (χ1) is 10.3. The van der Waals surface area contributed by atoms with Crippen LogP contribution in [-0.2, 0) is 6.54 Å². The lowest BCUT2D eigenvalue weighted by Crippen LogP contribution is -2.25. The van der Waals surface area contributed by atoms with Crippen molar-refractivity contribution in [2.75, 3.05) is 25.4 Å². The Hall–Kier alpha value is -2.00. The fourth-order valence-corrected chi connectivity index (χ4v) is 2.23. The molecule has 0 aliphatic heterocycles. The minimum Gasteiger partial charge on any atom is -0.494 e. The molecule has 0 heterocycles. The average molecular weight is 284 g/mol. The van der Waals surface area contributed by atoms with E-state index in [-0.39, 0.29) is 0 Å². The normalized spacial score (nSPS) is 10.8. The predicted molar refractivity (Wildman–Crippen MR) is 88.4 cm³/mol. The Labute approximate surface area is 127 Å². The number of anilines is 1. The third-order valence-electron chi connectivity index (χ3n) is 3.46. The van der Waals surface area contributed by atoms with Crippen molar-refractivity contribution in [2.45, 2.75) is 19.9 Å². The summed E-state index contributed by atoms with van der Waals surface area (Å²) < 4.78 is 5.72. The summed E-state index contributed by atoms with van der Waals surface area (Å²) in [4.78, 5) is 2.43. The Kier molecular flexibility index (Phi) is 6.10. The van der Waals surface area contributed by atoms with Crippen LogP contribution in [0.1, 0.15) is 18.9 Å². The SMILES string of the molecule is CCN(CCCOc1ccc(N)cc1)Cc1ccccc1. The topological polar surface area (TPSA) is 38.5 Å². The lowest BCUT2D eigenvalue weighted by Gasteiger charge is -2.20. The van der Waals surface area contributed by atoms with Gasteiger partial charge in [0.1, 0.15) is 5.75 Å². The molecule has 0 radical (unpaired) electrons. The van der Waals surface area contributed by atoms with Gasteiger partial charge >= 0.3 is 0 Å². The molecule has 3 nitrogen and oxygen atoms in total. The van der Waals surface area contributed by atoms with Gasteiger partial charge in [-0.15, -0.1) is 0 Å². The molecule has 0 aromatic heterocycles. The van der Waals surface area contributed by atoms with E-state index in [9.17, 15) is 0 Å². The monoisotopic (exact) mass is 284 g/mol. The van der Waals surface area contributed by atoms with E-state index in [2.05, 4.69) is 42.2 Å². The van der Waals surface area contributed by atoms with Crippen LogP contribution in [0.2, 0.25) is 0 Å². The van der Waals surface area contributed by atoms with Crippen molar-refractivity contribution in [3.63, 3.8) is 0 Å². The maximum atomic E-state index is 5.72. The van der Waals surface area contributed by atoms with Crippen molar-refractivity contribution >= 4 is 5.69 Å². The van der Waals surface area contributed by atoms with Crippen molar-refractivity contribution < 1.29 is 4.74 Å². The Morgan fingerprint density at radius 2 is 1.71 bits per heavy atom. The molecular formula is C18H24N2O. The summed E-state index contributed by atoms with van der Waals surface area (Å²) in [6, 6.07) is 18.1. The van der Waals surface area contributed by atoms with Crippen LogP contribution in [0.5, 0.6) is 5.75 Å². The molecule has 2 N–H and O–H groups in total. The van der Waals surface area contributed by atoms with Crippen molar-refractivity contribution in [1.29, 1.82) is 0 Å². The fourth-order valence-electron chi connectivity index (χ4n) is 2.23. The first-order valence-electron chi connectivity index (χ1n) is 7.52. The molecule has 112 valence electrons. The zero-order valence-corrected chi connectivity index (χ0v) is 12.7. The number of benzene rings is 2. The van der Waals surface area contributed by atoms with Gasteiger partial charge in [-0.05, 0) is 42.8 Å². The molecule has 0 saturated heterocycles. The standard InChI is InChI=1S/C18H24N2O/c1-2-20(15-16-7-4-3-5-8-16)13-6-14-21-18-11-9-17(19)10-12-18/h3-5,7-12H,2,6,13-15,19H2,1H3. The van der Waals surface area contributed by atoms with Gasteiger partial charge in [-0.2, -0.15) is 0 Å². The smallest absolute Gasteiger partial charge is 0.119 e. The first-order valence-corrected chi connectivity index (χ1v) is 7.52. The summed E-state index contributed by atoms with van der Waals surface area (Å²) in [5.74, 6) is 0.885. The van der Waals surface area contributed by atoms with Gasteiger partial charge in [0.2, 0.25) is 0 Å². The van der Waals surface area contributed by atoms with E-state index in [1.54, 1.807) is 0 Å². The number of rotatable bonds is 8.